The fraction of sp³-hybridized carbons (Fsp3) is 0.292. The van der Waals surface area contributed by atoms with Gasteiger partial charge in [-0.3, -0.25) is 9.59 Å². The molecule has 0 aliphatic carbocycles. The number of rotatable bonds is 6. The molecule has 2 amide bonds. The van der Waals surface area contributed by atoms with Crippen LogP contribution in [-0.2, 0) is 12.7 Å². The maximum atomic E-state index is 13.2. The first-order valence-corrected chi connectivity index (χ1v) is 10.3. The summed E-state index contributed by atoms with van der Waals surface area (Å²) in [4.78, 5) is 28.3. The normalized spacial score (nSPS) is 11.4. The van der Waals surface area contributed by atoms with Gasteiger partial charge in [0.1, 0.15) is 0 Å². The molecule has 1 heterocycles. The van der Waals surface area contributed by atoms with Crippen molar-refractivity contribution in [1.29, 1.82) is 0 Å². The third-order valence-electron chi connectivity index (χ3n) is 5.31. The third kappa shape index (κ3) is 5.24. The molecule has 0 aliphatic heterocycles. The van der Waals surface area contributed by atoms with Crippen LogP contribution in [-0.4, -0.2) is 52.0 Å². The van der Waals surface area contributed by atoms with Crippen molar-refractivity contribution in [2.24, 2.45) is 0 Å². The zero-order chi connectivity index (χ0) is 24.3. The lowest BCUT2D eigenvalue weighted by atomic mass is 10.1. The zero-order valence-corrected chi connectivity index (χ0v) is 18.8. The number of carbonyl (C=O) groups is 2. The first kappa shape index (κ1) is 24.0. The Morgan fingerprint density at radius 3 is 2.27 bits per heavy atom. The van der Waals surface area contributed by atoms with E-state index in [1.54, 1.807) is 50.2 Å². The fourth-order valence-corrected chi connectivity index (χ4v) is 3.42. The van der Waals surface area contributed by atoms with Crippen molar-refractivity contribution in [3.8, 4) is 5.69 Å². The van der Waals surface area contributed by atoms with E-state index in [9.17, 15) is 22.8 Å². The van der Waals surface area contributed by atoms with Gasteiger partial charge in [0.25, 0.3) is 11.8 Å². The van der Waals surface area contributed by atoms with E-state index in [-0.39, 0.29) is 17.5 Å². The van der Waals surface area contributed by atoms with E-state index in [4.69, 9.17) is 0 Å². The van der Waals surface area contributed by atoms with Gasteiger partial charge >= 0.3 is 6.18 Å². The van der Waals surface area contributed by atoms with Gasteiger partial charge in [-0.15, -0.1) is 0 Å². The predicted molar refractivity (Wildman–Crippen MR) is 118 cm³/mol. The van der Waals surface area contributed by atoms with Crippen molar-refractivity contribution in [3.63, 3.8) is 0 Å². The standard InChI is InChI=1S/C24H25F3N4O2/c1-5-30(15-17-9-11-18(12-10-17)22(32)29(3)4)23(33)21-14-28-31(16(21)2)20-8-6-7-19(13-20)24(25,26)27/h6-14H,5,15H2,1-4H3. The first-order chi connectivity index (χ1) is 15.5. The van der Waals surface area contributed by atoms with E-state index in [1.807, 2.05) is 6.92 Å². The van der Waals surface area contributed by atoms with Crippen molar-refractivity contribution in [2.45, 2.75) is 26.6 Å². The lowest BCUT2D eigenvalue weighted by molar-refractivity contribution is -0.137. The summed E-state index contributed by atoms with van der Waals surface area (Å²) in [7, 11) is 3.35. The first-order valence-electron chi connectivity index (χ1n) is 10.3. The summed E-state index contributed by atoms with van der Waals surface area (Å²) >= 11 is 0. The molecule has 0 saturated carbocycles. The number of nitrogens with zero attached hydrogens (tertiary/aromatic N) is 4. The molecule has 33 heavy (non-hydrogen) atoms. The number of halogens is 3. The van der Waals surface area contributed by atoms with E-state index in [2.05, 4.69) is 5.10 Å². The minimum atomic E-state index is -4.47. The van der Waals surface area contributed by atoms with E-state index in [0.29, 0.717) is 29.9 Å². The van der Waals surface area contributed by atoms with Gasteiger partial charge in [0.2, 0.25) is 0 Å². The predicted octanol–water partition coefficient (Wildman–Crippen LogP) is 4.56. The van der Waals surface area contributed by atoms with Gasteiger partial charge in [-0.2, -0.15) is 18.3 Å². The number of hydrogen-bond acceptors (Lipinski definition) is 3. The van der Waals surface area contributed by atoms with Crippen molar-refractivity contribution in [3.05, 3.63) is 82.7 Å². The van der Waals surface area contributed by atoms with E-state index < -0.39 is 11.7 Å². The highest BCUT2D eigenvalue weighted by molar-refractivity contribution is 5.95. The lowest BCUT2D eigenvalue weighted by Gasteiger charge is -2.21. The highest BCUT2D eigenvalue weighted by Crippen LogP contribution is 2.30. The van der Waals surface area contributed by atoms with Crippen LogP contribution < -0.4 is 0 Å². The maximum Gasteiger partial charge on any atom is 0.416 e. The van der Waals surface area contributed by atoms with Crippen LogP contribution in [0, 0.1) is 6.92 Å². The van der Waals surface area contributed by atoms with Gasteiger partial charge in [0, 0.05) is 32.7 Å². The summed E-state index contributed by atoms with van der Waals surface area (Å²) in [6.45, 7) is 4.23. The molecule has 174 valence electrons. The van der Waals surface area contributed by atoms with Crippen LogP contribution in [0.1, 0.15) is 44.5 Å². The summed E-state index contributed by atoms with van der Waals surface area (Å²) in [6, 6.07) is 11.8. The molecule has 1 aromatic heterocycles. The van der Waals surface area contributed by atoms with Crippen molar-refractivity contribution < 1.29 is 22.8 Å². The second-order valence-electron chi connectivity index (χ2n) is 7.82. The SMILES string of the molecule is CCN(Cc1ccc(C(=O)N(C)C)cc1)C(=O)c1cnn(-c2cccc(C(F)(F)F)c2)c1C. The quantitative estimate of drug-likeness (QED) is 0.544. The molecule has 0 bridgehead atoms. The minimum Gasteiger partial charge on any atom is -0.345 e. The Kier molecular flexibility index (Phi) is 6.90. The fourth-order valence-electron chi connectivity index (χ4n) is 3.42. The summed E-state index contributed by atoms with van der Waals surface area (Å²) in [5.41, 5.74) is 1.61. The van der Waals surface area contributed by atoms with Crippen LogP contribution in [0.15, 0.2) is 54.7 Å². The molecule has 0 radical (unpaired) electrons. The van der Waals surface area contributed by atoms with Gasteiger partial charge < -0.3 is 9.80 Å². The molecule has 3 aromatic rings. The number of benzene rings is 2. The summed E-state index contributed by atoms with van der Waals surface area (Å²) in [5.74, 6) is -0.385. The topological polar surface area (TPSA) is 58.4 Å². The Hall–Kier alpha value is -3.62. The van der Waals surface area contributed by atoms with Crippen LogP contribution in [0.2, 0.25) is 0 Å². The Balaban J connectivity index is 1.82. The van der Waals surface area contributed by atoms with E-state index >= 15 is 0 Å². The largest absolute Gasteiger partial charge is 0.416 e. The molecular formula is C24H25F3N4O2. The average Bonchev–Trinajstić information content (AvgIpc) is 3.17. The molecule has 0 N–H and O–H groups in total. The Labute approximate surface area is 190 Å². The lowest BCUT2D eigenvalue weighted by Crippen LogP contribution is -2.30. The Morgan fingerprint density at radius 1 is 1.03 bits per heavy atom. The smallest absolute Gasteiger partial charge is 0.345 e. The van der Waals surface area contributed by atoms with Gasteiger partial charge in [0.15, 0.2) is 0 Å². The number of carbonyl (C=O) groups excluding carboxylic acids is 2. The summed E-state index contributed by atoms with van der Waals surface area (Å²) in [5, 5.41) is 4.16. The van der Waals surface area contributed by atoms with Gasteiger partial charge in [-0.1, -0.05) is 18.2 Å². The van der Waals surface area contributed by atoms with E-state index in [0.717, 1.165) is 17.7 Å². The van der Waals surface area contributed by atoms with Crippen LogP contribution in [0.5, 0.6) is 0 Å². The molecule has 0 saturated heterocycles. The zero-order valence-electron chi connectivity index (χ0n) is 18.8. The van der Waals surface area contributed by atoms with E-state index in [1.165, 1.54) is 27.9 Å². The molecule has 0 spiro atoms. The molecule has 3 rings (SSSR count). The molecule has 6 nitrogen and oxygen atoms in total. The second-order valence-corrected chi connectivity index (χ2v) is 7.82. The van der Waals surface area contributed by atoms with Crippen molar-refractivity contribution in [1.82, 2.24) is 19.6 Å². The molecule has 2 aromatic carbocycles. The van der Waals surface area contributed by atoms with Gasteiger partial charge in [-0.25, -0.2) is 4.68 Å². The molecule has 0 unspecified atom stereocenters. The second kappa shape index (κ2) is 9.48. The van der Waals surface area contributed by atoms with Crippen LogP contribution >= 0.6 is 0 Å². The highest BCUT2D eigenvalue weighted by Gasteiger charge is 2.31. The number of aromatic nitrogens is 2. The Morgan fingerprint density at radius 2 is 1.70 bits per heavy atom. The minimum absolute atomic E-state index is 0.109. The number of hydrogen-bond donors (Lipinski definition) is 0. The third-order valence-corrected chi connectivity index (χ3v) is 5.31. The molecular weight excluding hydrogens is 433 g/mol. The number of alkyl halides is 3. The van der Waals surface area contributed by atoms with Gasteiger partial charge in [0.05, 0.1) is 28.7 Å². The van der Waals surface area contributed by atoms with Crippen LogP contribution in [0.4, 0.5) is 13.2 Å². The monoisotopic (exact) mass is 458 g/mol. The maximum absolute atomic E-state index is 13.2. The van der Waals surface area contributed by atoms with Crippen LogP contribution in [0.3, 0.4) is 0 Å². The van der Waals surface area contributed by atoms with Crippen molar-refractivity contribution in [2.75, 3.05) is 20.6 Å². The molecule has 0 atom stereocenters. The van der Waals surface area contributed by atoms with Crippen LogP contribution in [0.25, 0.3) is 5.69 Å². The highest BCUT2D eigenvalue weighted by atomic mass is 19.4. The summed E-state index contributed by atoms with van der Waals surface area (Å²) in [6.07, 6.45) is -3.10. The molecule has 0 fully saturated rings. The number of amides is 2. The Bertz CT molecular complexity index is 1150. The van der Waals surface area contributed by atoms with Crippen molar-refractivity contribution >= 4 is 11.8 Å². The molecule has 9 heteroatoms. The summed E-state index contributed by atoms with van der Waals surface area (Å²) < 4.78 is 40.6. The molecule has 0 aliphatic rings. The average molecular weight is 458 g/mol. The van der Waals surface area contributed by atoms with Gasteiger partial charge in [-0.05, 0) is 49.7 Å².